The Morgan fingerprint density at radius 2 is 1.67 bits per heavy atom. The van der Waals surface area contributed by atoms with Crippen LogP contribution in [0, 0.1) is 0 Å². The Balaban J connectivity index is 1.46. The van der Waals surface area contributed by atoms with E-state index in [1.807, 2.05) is 58.1 Å². The van der Waals surface area contributed by atoms with Crippen LogP contribution in [-0.4, -0.2) is 26.9 Å². The van der Waals surface area contributed by atoms with E-state index in [4.69, 9.17) is 0 Å². The SMILES string of the molecule is O=C1c2ccccc2N[C@H](c2ccc(-n3ccnc3)cc2)N1CCc1ccccc1. The smallest absolute Gasteiger partial charge is 0.257 e. The minimum absolute atomic E-state index is 0.0592. The summed E-state index contributed by atoms with van der Waals surface area (Å²) in [6.45, 7) is 0.637. The van der Waals surface area contributed by atoms with Gasteiger partial charge in [0.2, 0.25) is 0 Å². The van der Waals surface area contributed by atoms with E-state index in [2.05, 4.69) is 46.7 Å². The van der Waals surface area contributed by atoms with Crippen molar-refractivity contribution in [2.24, 2.45) is 0 Å². The molecule has 30 heavy (non-hydrogen) atoms. The molecule has 0 radical (unpaired) electrons. The average molecular weight is 394 g/mol. The molecule has 1 aliphatic rings. The van der Waals surface area contributed by atoms with E-state index in [1.54, 1.807) is 12.5 Å². The van der Waals surface area contributed by atoms with Crippen molar-refractivity contribution in [2.75, 3.05) is 11.9 Å². The summed E-state index contributed by atoms with van der Waals surface area (Å²) in [5, 5.41) is 3.57. The quantitative estimate of drug-likeness (QED) is 0.535. The van der Waals surface area contributed by atoms with E-state index in [0.717, 1.165) is 28.9 Å². The highest BCUT2D eigenvalue weighted by molar-refractivity contribution is 6.01. The van der Waals surface area contributed by atoms with E-state index >= 15 is 0 Å². The Morgan fingerprint density at radius 3 is 2.43 bits per heavy atom. The van der Waals surface area contributed by atoms with Crippen molar-refractivity contribution in [3.63, 3.8) is 0 Å². The maximum absolute atomic E-state index is 13.3. The molecule has 4 aromatic rings. The summed E-state index contributed by atoms with van der Waals surface area (Å²) in [6.07, 6.45) is 6.05. The molecule has 1 amide bonds. The molecule has 0 saturated carbocycles. The summed E-state index contributed by atoms with van der Waals surface area (Å²) in [7, 11) is 0. The largest absolute Gasteiger partial charge is 0.361 e. The summed E-state index contributed by atoms with van der Waals surface area (Å²) in [4.78, 5) is 19.4. The lowest BCUT2D eigenvalue weighted by molar-refractivity contribution is 0.0685. The number of carbonyl (C=O) groups is 1. The van der Waals surface area contributed by atoms with Crippen LogP contribution in [0.4, 0.5) is 5.69 Å². The number of aromatic nitrogens is 2. The first-order chi connectivity index (χ1) is 14.8. The van der Waals surface area contributed by atoms with Crippen LogP contribution < -0.4 is 5.32 Å². The van der Waals surface area contributed by atoms with Crippen molar-refractivity contribution < 1.29 is 4.79 Å². The number of amides is 1. The summed E-state index contributed by atoms with van der Waals surface area (Å²) < 4.78 is 1.96. The Hall–Kier alpha value is -3.86. The van der Waals surface area contributed by atoms with Crippen LogP contribution in [0.5, 0.6) is 0 Å². The zero-order valence-corrected chi connectivity index (χ0v) is 16.5. The van der Waals surface area contributed by atoms with Crippen molar-refractivity contribution in [3.05, 3.63) is 114 Å². The van der Waals surface area contributed by atoms with Gasteiger partial charge in [0.25, 0.3) is 5.91 Å². The van der Waals surface area contributed by atoms with Crippen LogP contribution in [-0.2, 0) is 6.42 Å². The highest BCUT2D eigenvalue weighted by Gasteiger charge is 2.32. The molecule has 3 aromatic carbocycles. The summed E-state index contributed by atoms with van der Waals surface area (Å²) in [5.74, 6) is 0.0592. The minimum Gasteiger partial charge on any atom is -0.361 e. The molecule has 0 fully saturated rings. The molecule has 5 rings (SSSR count). The van der Waals surface area contributed by atoms with Gasteiger partial charge in [-0.2, -0.15) is 0 Å². The van der Waals surface area contributed by atoms with E-state index in [1.165, 1.54) is 5.56 Å². The van der Waals surface area contributed by atoms with Crippen molar-refractivity contribution in [1.82, 2.24) is 14.5 Å². The third-order valence-electron chi connectivity index (χ3n) is 5.52. The van der Waals surface area contributed by atoms with Crippen LogP contribution in [0.1, 0.15) is 27.7 Å². The van der Waals surface area contributed by atoms with Gasteiger partial charge < -0.3 is 14.8 Å². The van der Waals surface area contributed by atoms with E-state index < -0.39 is 0 Å². The van der Waals surface area contributed by atoms with Crippen LogP contribution in [0.2, 0.25) is 0 Å². The average Bonchev–Trinajstić information content (AvgIpc) is 3.34. The number of nitrogens with zero attached hydrogens (tertiary/aromatic N) is 3. The Kier molecular flexibility index (Phi) is 4.77. The lowest BCUT2D eigenvalue weighted by atomic mass is 10.0. The van der Waals surface area contributed by atoms with Gasteiger partial charge in [0.05, 0.1) is 11.9 Å². The summed E-state index contributed by atoms with van der Waals surface area (Å²) in [5.41, 5.74) is 4.90. The molecule has 2 heterocycles. The highest BCUT2D eigenvalue weighted by atomic mass is 16.2. The fourth-order valence-electron chi connectivity index (χ4n) is 3.92. The van der Waals surface area contributed by atoms with Gasteiger partial charge in [-0.15, -0.1) is 0 Å². The van der Waals surface area contributed by atoms with Crippen LogP contribution >= 0.6 is 0 Å². The second kappa shape index (κ2) is 7.87. The zero-order valence-electron chi connectivity index (χ0n) is 16.5. The highest BCUT2D eigenvalue weighted by Crippen LogP contribution is 2.33. The van der Waals surface area contributed by atoms with Crippen molar-refractivity contribution in [1.29, 1.82) is 0 Å². The summed E-state index contributed by atoms with van der Waals surface area (Å²) in [6, 6.07) is 26.3. The van der Waals surface area contributed by atoms with E-state index in [9.17, 15) is 4.79 Å². The lowest BCUT2D eigenvalue weighted by Gasteiger charge is -2.38. The predicted molar refractivity (Wildman–Crippen MR) is 118 cm³/mol. The molecular formula is C25H22N4O. The second-order valence-electron chi connectivity index (χ2n) is 7.39. The molecule has 5 nitrogen and oxygen atoms in total. The number of hydrogen-bond donors (Lipinski definition) is 1. The number of anilines is 1. The van der Waals surface area contributed by atoms with Crippen LogP contribution in [0.3, 0.4) is 0 Å². The molecule has 1 aromatic heterocycles. The fraction of sp³-hybridized carbons (Fsp3) is 0.120. The van der Waals surface area contributed by atoms with Gasteiger partial charge in [-0.1, -0.05) is 54.6 Å². The number of rotatable bonds is 5. The van der Waals surface area contributed by atoms with Gasteiger partial charge in [-0.3, -0.25) is 4.79 Å². The summed E-state index contributed by atoms with van der Waals surface area (Å²) >= 11 is 0. The predicted octanol–water partition coefficient (Wildman–Crippen LogP) is 4.68. The number of hydrogen-bond acceptors (Lipinski definition) is 3. The van der Waals surface area contributed by atoms with Crippen LogP contribution in [0.25, 0.3) is 5.69 Å². The normalized spacial score (nSPS) is 15.5. The molecule has 0 spiro atoms. The standard InChI is InChI=1S/C25H22N4O/c30-25-22-8-4-5-9-23(22)27-24(29(25)16-14-19-6-2-1-3-7-19)20-10-12-21(13-11-20)28-17-15-26-18-28/h1-13,15,17-18,24,27H,14,16H2/t24-/m0/s1. The number of benzene rings is 3. The van der Waals surface area contributed by atoms with Gasteiger partial charge in [0, 0.05) is 30.3 Å². The van der Waals surface area contributed by atoms with Gasteiger partial charge in [0.15, 0.2) is 0 Å². The van der Waals surface area contributed by atoms with Crippen LogP contribution in [0.15, 0.2) is 97.6 Å². The molecule has 1 atom stereocenters. The van der Waals surface area contributed by atoms with Gasteiger partial charge in [-0.05, 0) is 41.8 Å². The lowest BCUT2D eigenvalue weighted by Crippen LogP contribution is -2.44. The van der Waals surface area contributed by atoms with E-state index in [0.29, 0.717) is 6.54 Å². The first-order valence-electron chi connectivity index (χ1n) is 10.1. The molecule has 5 heteroatoms. The maximum atomic E-state index is 13.3. The Labute approximate surface area is 175 Å². The molecule has 148 valence electrons. The molecular weight excluding hydrogens is 372 g/mol. The first kappa shape index (κ1) is 18.2. The molecule has 1 N–H and O–H groups in total. The fourth-order valence-corrected chi connectivity index (χ4v) is 3.92. The number of imidazole rings is 1. The zero-order chi connectivity index (χ0) is 20.3. The maximum Gasteiger partial charge on any atom is 0.257 e. The van der Waals surface area contributed by atoms with E-state index in [-0.39, 0.29) is 12.1 Å². The molecule has 1 aliphatic heterocycles. The van der Waals surface area contributed by atoms with Gasteiger partial charge in [-0.25, -0.2) is 4.98 Å². The minimum atomic E-state index is -0.215. The molecule has 0 saturated heterocycles. The molecule has 0 unspecified atom stereocenters. The van der Waals surface area contributed by atoms with Gasteiger partial charge >= 0.3 is 0 Å². The Bertz CT molecular complexity index is 1140. The third-order valence-corrected chi connectivity index (χ3v) is 5.52. The number of carbonyl (C=O) groups excluding carboxylic acids is 1. The number of para-hydroxylation sites is 1. The molecule has 0 aliphatic carbocycles. The monoisotopic (exact) mass is 394 g/mol. The second-order valence-corrected chi connectivity index (χ2v) is 7.39. The number of nitrogens with one attached hydrogen (secondary N) is 1. The third kappa shape index (κ3) is 3.46. The van der Waals surface area contributed by atoms with Gasteiger partial charge in [0.1, 0.15) is 6.17 Å². The topological polar surface area (TPSA) is 50.2 Å². The van der Waals surface area contributed by atoms with Crippen molar-refractivity contribution in [2.45, 2.75) is 12.6 Å². The first-order valence-corrected chi connectivity index (χ1v) is 10.1. The number of fused-ring (bicyclic) bond motifs is 1. The van der Waals surface area contributed by atoms with Crippen molar-refractivity contribution >= 4 is 11.6 Å². The van der Waals surface area contributed by atoms with Crippen molar-refractivity contribution in [3.8, 4) is 5.69 Å². The molecule has 0 bridgehead atoms. The Morgan fingerprint density at radius 1 is 0.900 bits per heavy atom.